The number of aliphatic hydroxyl groups is 1. The molecule has 2 unspecified atom stereocenters. The third kappa shape index (κ3) is 47.5. The molecule has 2 N–H and O–H groups in total. The van der Waals surface area contributed by atoms with Gasteiger partial charge in [0.05, 0.1) is 19.3 Å². The first-order chi connectivity index (χ1) is 8.67. The highest BCUT2D eigenvalue weighted by Crippen LogP contribution is 1.90. The van der Waals surface area contributed by atoms with Gasteiger partial charge in [-0.3, -0.25) is 9.59 Å². The Kier molecular flexibility index (Phi) is 20.3. The highest BCUT2D eigenvalue weighted by molar-refractivity contribution is 5.66. The van der Waals surface area contributed by atoms with E-state index in [4.69, 9.17) is 24.5 Å². The summed E-state index contributed by atoms with van der Waals surface area (Å²) >= 11 is 0. The average molecular weight is 282 g/mol. The van der Waals surface area contributed by atoms with Gasteiger partial charge in [0.25, 0.3) is 5.97 Å². The molecule has 0 radical (unpaired) electrons. The van der Waals surface area contributed by atoms with E-state index in [9.17, 15) is 4.79 Å². The standard InChI is InChI=1S/C6H12O3.C4H10O2.C2H4O2/c1-5(4-8-3)9-6(2)7;1-4(5)3-6-2;1-2(3)4/h5H,4H2,1-3H3;4-5H,3H2,1-2H3;1H3,(H,3,4). The van der Waals surface area contributed by atoms with Crippen molar-refractivity contribution in [2.45, 2.75) is 39.9 Å². The van der Waals surface area contributed by atoms with E-state index in [1.807, 2.05) is 0 Å². The van der Waals surface area contributed by atoms with E-state index in [1.54, 1.807) is 28.1 Å². The van der Waals surface area contributed by atoms with Gasteiger partial charge in [0, 0.05) is 28.1 Å². The van der Waals surface area contributed by atoms with Gasteiger partial charge in [-0.1, -0.05) is 0 Å². The fraction of sp³-hybridized carbons (Fsp3) is 0.833. The number of carbonyl (C=O) groups excluding carboxylic acids is 1. The summed E-state index contributed by atoms with van der Waals surface area (Å²) in [5.74, 6) is -1.10. The highest BCUT2D eigenvalue weighted by atomic mass is 16.6. The van der Waals surface area contributed by atoms with Crippen molar-refractivity contribution in [3.8, 4) is 0 Å². The number of aliphatic hydroxyl groups excluding tert-OH is 1. The van der Waals surface area contributed by atoms with Gasteiger partial charge in [-0.05, 0) is 13.8 Å². The van der Waals surface area contributed by atoms with Crippen LogP contribution in [0, 0.1) is 0 Å². The van der Waals surface area contributed by atoms with Gasteiger partial charge in [-0.25, -0.2) is 0 Å². The van der Waals surface area contributed by atoms with E-state index in [-0.39, 0.29) is 18.2 Å². The first-order valence-electron chi connectivity index (χ1n) is 5.69. The van der Waals surface area contributed by atoms with E-state index in [1.165, 1.54) is 6.92 Å². The molecule has 19 heavy (non-hydrogen) atoms. The third-order valence-corrected chi connectivity index (χ3v) is 1.18. The molecule has 7 heteroatoms. The molecule has 0 spiro atoms. The number of hydrogen-bond acceptors (Lipinski definition) is 6. The number of carboxylic acid groups (broad SMARTS) is 1. The minimum atomic E-state index is -0.833. The summed E-state index contributed by atoms with van der Waals surface area (Å²) < 4.78 is 14.0. The van der Waals surface area contributed by atoms with Crippen LogP contribution in [0.3, 0.4) is 0 Å². The molecule has 0 aromatic carbocycles. The van der Waals surface area contributed by atoms with Crippen LogP contribution >= 0.6 is 0 Å². The molecule has 0 aliphatic carbocycles. The number of rotatable bonds is 5. The van der Waals surface area contributed by atoms with Gasteiger partial charge in [0.15, 0.2) is 0 Å². The fourth-order valence-electron chi connectivity index (χ4n) is 0.793. The van der Waals surface area contributed by atoms with Gasteiger partial charge in [0.1, 0.15) is 6.10 Å². The van der Waals surface area contributed by atoms with Crippen LogP contribution in [0.2, 0.25) is 0 Å². The summed E-state index contributed by atoms with van der Waals surface area (Å²) in [4.78, 5) is 19.3. The van der Waals surface area contributed by atoms with E-state index in [0.29, 0.717) is 13.2 Å². The van der Waals surface area contributed by atoms with Crippen LogP contribution in [0.25, 0.3) is 0 Å². The third-order valence-electron chi connectivity index (χ3n) is 1.18. The van der Waals surface area contributed by atoms with Crippen molar-refractivity contribution in [1.29, 1.82) is 0 Å². The Hall–Kier alpha value is -1.18. The summed E-state index contributed by atoms with van der Waals surface area (Å²) in [6.45, 7) is 6.82. The maximum Gasteiger partial charge on any atom is 0.302 e. The second-order valence-electron chi connectivity index (χ2n) is 3.70. The number of carbonyl (C=O) groups is 2. The average Bonchev–Trinajstić information content (AvgIpc) is 2.15. The Morgan fingerprint density at radius 2 is 1.42 bits per heavy atom. The number of methoxy groups -OCH3 is 2. The molecule has 116 valence electrons. The molecule has 2 atom stereocenters. The quantitative estimate of drug-likeness (QED) is 0.715. The van der Waals surface area contributed by atoms with Crippen LogP contribution in [0.1, 0.15) is 27.7 Å². The predicted molar refractivity (Wildman–Crippen MR) is 70.0 cm³/mol. The minimum Gasteiger partial charge on any atom is -0.481 e. The molecule has 0 aromatic rings. The summed E-state index contributed by atoms with van der Waals surface area (Å²) in [5, 5.41) is 15.8. The van der Waals surface area contributed by atoms with Gasteiger partial charge >= 0.3 is 5.97 Å². The van der Waals surface area contributed by atoms with Gasteiger partial charge in [-0.15, -0.1) is 0 Å². The second kappa shape index (κ2) is 16.8. The lowest BCUT2D eigenvalue weighted by molar-refractivity contribution is -0.147. The monoisotopic (exact) mass is 282 g/mol. The lowest BCUT2D eigenvalue weighted by Gasteiger charge is -2.08. The van der Waals surface area contributed by atoms with Crippen LogP contribution in [0.15, 0.2) is 0 Å². The summed E-state index contributed by atoms with van der Waals surface area (Å²) in [7, 11) is 3.13. The molecule has 0 saturated carbocycles. The lowest BCUT2D eigenvalue weighted by atomic mass is 10.4. The number of carboxylic acids is 1. The smallest absolute Gasteiger partial charge is 0.302 e. The van der Waals surface area contributed by atoms with E-state index < -0.39 is 5.97 Å². The lowest BCUT2D eigenvalue weighted by Crippen LogP contribution is -2.17. The van der Waals surface area contributed by atoms with Crippen molar-refractivity contribution in [2.24, 2.45) is 0 Å². The summed E-state index contributed by atoms with van der Waals surface area (Å²) in [6.07, 6.45) is -0.456. The Morgan fingerprint density at radius 3 is 1.58 bits per heavy atom. The summed E-state index contributed by atoms with van der Waals surface area (Å²) in [5.41, 5.74) is 0. The van der Waals surface area contributed by atoms with Crippen molar-refractivity contribution in [3.63, 3.8) is 0 Å². The Balaban J connectivity index is -0.000000222. The fourth-order valence-corrected chi connectivity index (χ4v) is 0.793. The zero-order valence-electron chi connectivity index (χ0n) is 12.5. The first-order valence-corrected chi connectivity index (χ1v) is 5.69. The molecule has 0 fully saturated rings. The van der Waals surface area contributed by atoms with Gasteiger partial charge < -0.3 is 24.4 Å². The molecule has 0 heterocycles. The summed E-state index contributed by atoms with van der Waals surface area (Å²) in [6, 6.07) is 0. The Bertz CT molecular complexity index is 212. The topological polar surface area (TPSA) is 102 Å². The Morgan fingerprint density at radius 1 is 1.05 bits per heavy atom. The van der Waals surface area contributed by atoms with E-state index in [2.05, 4.69) is 4.74 Å². The normalized spacial score (nSPS) is 11.9. The molecule has 7 nitrogen and oxygen atoms in total. The number of aliphatic carboxylic acids is 1. The van der Waals surface area contributed by atoms with Crippen LogP contribution in [0.5, 0.6) is 0 Å². The highest BCUT2D eigenvalue weighted by Gasteiger charge is 2.02. The molecule has 0 aliphatic rings. The minimum absolute atomic E-state index is 0.132. The van der Waals surface area contributed by atoms with Crippen LogP contribution < -0.4 is 0 Å². The van der Waals surface area contributed by atoms with Crippen molar-refractivity contribution in [1.82, 2.24) is 0 Å². The van der Waals surface area contributed by atoms with Crippen molar-refractivity contribution < 1.29 is 34.0 Å². The molecular formula is C12H26O7. The van der Waals surface area contributed by atoms with Crippen LogP contribution in [-0.2, 0) is 23.8 Å². The molecule has 0 rings (SSSR count). The zero-order valence-corrected chi connectivity index (χ0v) is 12.5. The SMILES string of the molecule is CC(=O)O.COCC(C)O.COCC(C)OC(C)=O. The van der Waals surface area contributed by atoms with Crippen LogP contribution in [0.4, 0.5) is 0 Å². The number of hydrogen-bond donors (Lipinski definition) is 2. The number of ether oxygens (including phenoxy) is 3. The molecule has 0 amide bonds. The van der Waals surface area contributed by atoms with Gasteiger partial charge in [0.2, 0.25) is 0 Å². The molecular weight excluding hydrogens is 256 g/mol. The van der Waals surface area contributed by atoms with Crippen molar-refractivity contribution in [2.75, 3.05) is 27.4 Å². The van der Waals surface area contributed by atoms with Crippen LogP contribution in [-0.4, -0.2) is 61.8 Å². The zero-order chi connectivity index (χ0) is 15.8. The largest absolute Gasteiger partial charge is 0.481 e. The molecule has 0 bridgehead atoms. The molecule has 0 aliphatic heterocycles. The van der Waals surface area contributed by atoms with Crippen molar-refractivity contribution in [3.05, 3.63) is 0 Å². The second-order valence-corrected chi connectivity index (χ2v) is 3.70. The number of esters is 1. The van der Waals surface area contributed by atoms with E-state index >= 15 is 0 Å². The Labute approximate surface area is 114 Å². The molecule has 0 aromatic heterocycles. The first kappa shape index (κ1) is 23.0. The van der Waals surface area contributed by atoms with Gasteiger partial charge in [-0.2, -0.15) is 0 Å². The van der Waals surface area contributed by atoms with Crippen molar-refractivity contribution >= 4 is 11.9 Å². The maximum absolute atomic E-state index is 10.3. The maximum atomic E-state index is 10.3. The predicted octanol–water partition coefficient (Wildman–Crippen LogP) is 0.689. The van der Waals surface area contributed by atoms with E-state index in [0.717, 1.165) is 6.92 Å². The molecule has 0 saturated heterocycles.